The summed E-state index contributed by atoms with van der Waals surface area (Å²) in [6.45, 7) is 3.56. The summed E-state index contributed by atoms with van der Waals surface area (Å²) in [6.07, 6.45) is 2.68. The zero-order chi connectivity index (χ0) is 14.9. The predicted molar refractivity (Wildman–Crippen MR) is 83.1 cm³/mol. The van der Waals surface area contributed by atoms with Crippen LogP contribution < -0.4 is 14.9 Å². The standard InChI is InChI=1S/C13H17N5O2S/c1-21(19,20)17-10-2-3-12-11(8-10)13(16-9-15-12)18-6-4-14-5-7-18/h2-3,8-9,14,17H,4-7H2,1H3. The summed E-state index contributed by atoms with van der Waals surface area (Å²) < 4.78 is 25.2. The van der Waals surface area contributed by atoms with Crippen molar-refractivity contribution < 1.29 is 8.42 Å². The van der Waals surface area contributed by atoms with Crippen LogP contribution >= 0.6 is 0 Å². The van der Waals surface area contributed by atoms with Gasteiger partial charge < -0.3 is 10.2 Å². The summed E-state index contributed by atoms with van der Waals surface area (Å²) >= 11 is 0. The Bertz CT molecular complexity index is 756. The van der Waals surface area contributed by atoms with Gasteiger partial charge in [-0.25, -0.2) is 18.4 Å². The van der Waals surface area contributed by atoms with Crippen LogP contribution in [0.25, 0.3) is 10.9 Å². The van der Waals surface area contributed by atoms with Crippen molar-refractivity contribution in [2.75, 3.05) is 42.1 Å². The molecule has 21 heavy (non-hydrogen) atoms. The Hall–Kier alpha value is -1.93. The van der Waals surface area contributed by atoms with E-state index >= 15 is 0 Å². The molecule has 2 N–H and O–H groups in total. The van der Waals surface area contributed by atoms with Crippen LogP contribution in [0.1, 0.15) is 0 Å². The third-order valence-corrected chi connectivity index (χ3v) is 3.94. The number of piperazine rings is 1. The fourth-order valence-corrected chi connectivity index (χ4v) is 3.00. The van der Waals surface area contributed by atoms with Gasteiger partial charge in [-0.3, -0.25) is 4.72 Å². The molecule has 3 rings (SSSR count). The molecule has 1 aliphatic heterocycles. The lowest BCUT2D eigenvalue weighted by Gasteiger charge is -2.29. The minimum absolute atomic E-state index is 0.524. The molecule has 0 radical (unpaired) electrons. The zero-order valence-electron chi connectivity index (χ0n) is 11.7. The molecule has 1 aliphatic rings. The van der Waals surface area contributed by atoms with Crippen molar-refractivity contribution in [3.05, 3.63) is 24.5 Å². The molecule has 7 nitrogen and oxygen atoms in total. The van der Waals surface area contributed by atoms with E-state index in [2.05, 4.69) is 24.9 Å². The average molecular weight is 307 g/mol. The van der Waals surface area contributed by atoms with Crippen LogP contribution in [0.2, 0.25) is 0 Å². The molecule has 8 heteroatoms. The van der Waals surface area contributed by atoms with E-state index < -0.39 is 10.0 Å². The van der Waals surface area contributed by atoms with Gasteiger partial charge in [0.15, 0.2) is 0 Å². The molecule has 0 spiro atoms. The van der Waals surface area contributed by atoms with Crippen molar-refractivity contribution in [2.24, 2.45) is 0 Å². The average Bonchev–Trinajstić information content (AvgIpc) is 2.46. The van der Waals surface area contributed by atoms with E-state index in [4.69, 9.17) is 0 Å². The molecular weight excluding hydrogens is 290 g/mol. The van der Waals surface area contributed by atoms with E-state index in [9.17, 15) is 8.42 Å². The number of nitrogens with one attached hydrogen (secondary N) is 2. The number of aromatic nitrogens is 2. The molecule has 1 fully saturated rings. The van der Waals surface area contributed by atoms with Crippen LogP contribution in [0.15, 0.2) is 24.5 Å². The van der Waals surface area contributed by atoms with E-state index in [0.717, 1.165) is 49.2 Å². The Labute approximate surface area is 123 Å². The van der Waals surface area contributed by atoms with Crippen LogP contribution in [-0.2, 0) is 10.0 Å². The second-order valence-electron chi connectivity index (χ2n) is 5.04. The number of sulfonamides is 1. The summed E-state index contributed by atoms with van der Waals surface area (Å²) in [5.74, 6) is 0.846. The van der Waals surface area contributed by atoms with Gasteiger partial charge in [-0.2, -0.15) is 0 Å². The molecule has 0 aliphatic carbocycles. The van der Waals surface area contributed by atoms with Crippen molar-refractivity contribution in [1.82, 2.24) is 15.3 Å². The van der Waals surface area contributed by atoms with Gasteiger partial charge in [0.25, 0.3) is 0 Å². The summed E-state index contributed by atoms with van der Waals surface area (Å²) in [4.78, 5) is 10.8. The lowest BCUT2D eigenvalue weighted by atomic mass is 10.2. The monoisotopic (exact) mass is 307 g/mol. The minimum Gasteiger partial charge on any atom is -0.353 e. The molecule has 0 unspecified atom stereocenters. The Morgan fingerprint density at radius 1 is 1.24 bits per heavy atom. The molecule has 0 amide bonds. The highest BCUT2D eigenvalue weighted by Gasteiger charge is 2.15. The van der Waals surface area contributed by atoms with Gasteiger partial charge in [0.05, 0.1) is 11.8 Å². The second-order valence-corrected chi connectivity index (χ2v) is 6.79. The Balaban J connectivity index is 2.05. The summed E-state index contributed by atoms with van der Waals surface area (Å²) in [7, 11) is -3.30. The molecule has 1 aromatic heterocycles. The Kier molecular flexibility index (Phi) is 3.64. The Morgan fingerprint density at radius 2 is 2.00 bits per heavy atom. The van der Waals surface area contributed by atoms with Crippen molar-refractivity contribution in [3.8, 4) is 0 Å². The van der Waals surface area contributed by atoms with E-state index in [-0.39, 0.29) is 0 Å². The van der Waals surface area contributed by atoms with Crippen molar-refractivity contribution in [2.45, 2.75) is 0 Å². The van der Waals surface area contributed by atoms with E-state index in [1.807, 2.05) is 0 Å². The van der Waals surface area contributed by atoms with Gasteiger partial charge in [-0.1, -0.05) is 0 Å². The van der Waals surface area contributed by atoms with E-state index in [0.29, 0.717) is 5.69 Å². The molecular formula is C13H17N5O2S. The summed E-state index contributed by atoms with van der Waals surface area (Å²) in [5.41, 5.74) is 1.33. The molecule has 1 aromatic carbocycles. The second kappa shape index (κ2) is 5.45. The zero-order valence-corrected chi connectivity index (χ0v) is 12.5. The number of hydrogen-bond acceptors (Lipinski definition) is 6. The van der Waals surface area contributed by atoms with Gasteiger partial charge in [0.1, 0.15) is 12.1 Å². The first-order valence-electron chi connectivity index (χ1n) is 6.71. The van der Waals surface area contributed by atoms with E-state index in [1.54, 1.807) is 24.5 Å². The van der Waals surface area contributed by atoms with Gasteiger partial charge in [0, 0.05) is 37.3 Å². The van der Waals surface area contributed by atoms with Crippen LogP contribution in [0.5, 0.6) is 0 Å². The third kappa shape index (κ3) is 3.22. The fraction of sp³-hybridized carbons (Fsp3) is 0.385. The highest BCUT2D eigenvalue weighted by Crippen LogP contribution is 2.26. The van der Waals surface area contributed by atoms with Crippen molar-refractivity contribution in [1.29, 1.82) is 0 Å². The van der Waals surface area contributed by atoms with Crippen LogP contribution in [0.3, 0.4) is 0 Å². The normalized spacial score (nSPS) is 16.1. The number of anilines is 2. The van der Waals surface area contributed by atoms with Gasteiger partial charge in [-0.05, 0) is 18.2 Å². The lowest BCUT2D eigenvalue weighted by molar-refractivity contribution is 0.586. The van der Waals surface area contributed by atoms with Gasteiger partial charge in [0.2, 0.25) is 10.0 Å². The maximum absolute atomic E-state index is 11.4. The predicted octanol–water partition coefficient (Wildman–Crippen LogP) is 0.411. The summed E-state index contributed by atoms with van der Waals surface area (Å²) in [6, 6.07) is 5.29. The Morgan fingerprint density at radius 3 is 2.71 bits per heavy atom. The number of nitrogens with zero attached hydrogens (tertiary/aromatic N) is 3. The maximum Gasteiger partial charge on any atom is 0.229 e. The van der Waals surface area contributed by atoms with E-state index in [1.165, 1.54) is 0 Å². The summed E-state index contributed by atoms with van der Waals surface area (Å²) in [5, 5.41) is 4.15. The van der Waals surface area contributed by atoms with Crippen LogP contribution in [-0.4, -0.2) is 50.8 Å². The van der Waals surface area contributed by atoms with Crippen molar-refractivity contribution in [3.63, 3.8) is 0 Å². The quantitative estimate of drug-likeness (QED) is 0.854. The van der Waals surface area contributed by atoms with Crippen LogP contribution in [0, 0.1) is 0 Å². The molecule has 2 aromatic rings. The lowest BCUT2D eigenvalue weighted by Crippen LogP contribution is -2.44. The molecule has 2 heterocycles. The van der Waals surface area contributed by atoms with Gasteiger partial charge in [-0.15, -0.1) is 0 Å². The first kappa shape index (κ1) is 14.0. The highest BCUT2D eigenvalue weighted by atomic mass is 32.2. The first-order chi connectivity index (χ1) is 10.0. The molecule has 112 valence electrons. The number of rotatable bonds is 3. The fourth-order valence-electron chi connectivity index (χ4n) is 2.45. The molecule has 1 saturated heterocycles. The largest absolute Gasteiger partial charge is 0.353 e. The first-order valence-corrected chi connectivity index (χ1v) is 8.60. The number of fused-ring (bicyclic) bond motifs is 1. The van der Waals surface area contributed by atoms with Crippen LogP contribution in [0.4, 0.5) is 11.5 Å². The minimum atomic E-state index is -3.30. The molecule has 0 bridgehead atoms. The highest BCUT2D eigenvalue weighted by molar-refractivity contribution is 7.92. The topological polar surface area (TPSA) is 87.2 Å². The third-order valence-electron chi connectivity index (χ3n) is 3.33. The van der Waals surface area contributed by atoms with Crippen molar-refractivity contribution >= 4 is 32.4 Å². The maximum atomic E-state index is 11.4. The molecule has 0 saturated carbocycles. The van der Waals surface area contributed by atoms with Gasteiger partial charge >= 0.3 is 0 Å². The smallest absolute Gasteiger partial charge is 0.229 e. The number of benzene rings is 1. The molecule has 0 atom stereocenters. The SMILES string of the molecule is CS(=O)(=O)Nc1ccc2ncnc(N3CCNCC3)c2c1. The number of hydrogen-bond donors (Lipinski definition) is 2.